The van der Waals surface area contributed by atoms with Gasteiger partial charge in [0.05, 0.1) is 17.7 Å². The van der Waals surface area contributed by atoms with Crippen molar-refractivity contribution in [2.45, 2.75) is 36.6 Å². The van der Waals surface area contributed by atoms with Crippen LogP contribution in [0.2, 0.25) is 5.02 Å². The summed E-state index contributed by atoms with van der Waals surface area (Å²) in [4.78, 5) is 24.6. The number of hydrogen-bond donors (Lipinski definition) is 2. The summed E-state index contributed by atoms with van der Waals surface area (Å²) >= 11 is 5.88. The molecule has 0 unspecified atom stereocenters. The lowest BCUT2D eigenvalue weighted by Gasteiger charge is -2.34. The van der Waals surface area contributed by atoms with Crippen LogP contribution in [0.5, 0.6) is 5.75 Å². The molecule has 1 fully saturated rings. The first kappa shape index (κ1) is 24.0. The second-order valence-corrected chi connectivity index (χ2v) is 9.75. The molecular weight excluding hydrogens is 454 g/mol. The second kappa shape index (κ2) is 10.8. The van der Waals surface area contributed by atoms with Crippen molar-refractivity contribution < 1.29 is 22.7 Å². The molecule has 8 nitrogen and oxygen atoms in total. The fraction of sp³-hybridized carbons (Fsp3) is 0.364. The Balaban J connectivity index is 1.58. The van der Waals surface area contributed by atoms with Crippen LogP contribution >= 0.6 is 11.6 Å². The predicted octanol–water partition coefficient (Wildman–Crippen LogP) is 3.04. The van der Waals surface area contributed by atoms with Crippen LogP contribution in [0.25, 0.3) is 0 Å². The Kier molecular flexibility index (Phi) is 8.11. The third-order valence-electron chi connectivity index (χ3n) is 5.32. The quantitative estimate of drug-likeness (QED) is 0.594. The largest absolute Gasteiger partial charge is 0.495 e. The van der Waals surface area contributed by atoms with Gasteiger partial charge in [-0.1, -0.05) is 30.2 Å². The van der Waals surface area contributed by atoms with Crippen LogP contribution < -0.4 is 15.4 Å². The summed E-state index contributed by atoms with van der Waals surface area (Å²) in [5, 5.41) is 5.56. The number of nitrogens with zero attached hydrogens (tertiary/aromatic N) is 1. The summed E-state index contributed by atoms with van der Waals surface area (Å²) in [5.74, 6) is -1.17. The van der Waals surface area contributed by atoms with E-state index in [9.17, 15) is 18.0 Å². The van der Waals surface area contributed by atoms with Crippen molar-refractivity contribution in [1.29, 1.82) is 0 Å². The highest BCUT2D eigenvalue weighted by Gasteiger charge is 2.33. The van der Waals surface area contributed by atoms with Crippen molar-refractivity contribution >= 4 is 39.1 Å². The smallest absolute Gasteiger partial charge is 0.313 e. The van der Waals surface area contributed by atoms with E-state index in [0.29, 0.717) is 35.8 Å². The first-order valence-corrected chi connectivity index (χ1v) is 12.1. The number of nitrogens with one attached hydrogen (secondary N) is 2. The molecule has 32 heavy (non-hydrogen) atoms. The van der Waals surface area contributed by atoms with Gasteiger partial charge in [0.25, 0.3) is 0 Å². The predicted molar refractivity (Wildman–Crippen MR) is 122 cm³/mol. The topological polar surface area (TPSA) is 105 Å². The molecule has 0 radical (unpaired) electrons. The summed E-state index contributed by atoms with van der Waals surface area (Å²) in [5.41, 5.74) is 0.391. The van der Waals surface area contributed by atoms with Gasteiger partial charge in [-0.3, -0.25) is 9.59 Å². The van der Waals surface area contributed by atoms with Crippen molar-refractivity contribution in [3.8, 4) is 5.75 Å². The Morgan fingerprint density at radius 2 is 1.81 bits per heavy atom. The van der Waals surface area contributed by atoms with Crippen LogP contribution in [0.4, 0.5) is 5.69 Å². The van der Waals surface area contributed by atoms with E-state index in [0.717, 1.165) is 12.8 Å². The van der Waals surface area contributed by atoms with E-state index in [1.54, 1.807) is 36.4 Å². The number of methoxy groups -OCH3 is 1. The SMILES string of the molecule is COc1ccccc1NC(=O)C(=O)NCC[C@@H]1CCCCN1S(=O)(=O)c1ccc(Cl)cc1. The maximum atomic E-state index is 13.1. The Hall–Kier alpha value is -2.62. The third kappa shape index (κ3) is 5.79. The fourth-order valence-electron chi connectivity index (χ4n) is 3.68. The number of carbonyl (C=O) groups is 2. The van der Waals surface area contributed by atoms with Gasteiger partial charge in [-0.15, -0.1) is 0 Å². The molecule has 1 aliphatic rings. The van der Waals surface area contributed by atoms with Gasteiger partial charge in [0.1, 0.15) is 5.75 Å². The summed E-state index contributed by atoms with van der Waals surface area (Å²) in [6.07, 6.45) is 2.77. The molecule has 2 aromatic carbocycles. The van der Waals surface area contributed by atoms with E-state index < -0.39 is 21.8 Å². The number of sulfonamides is 1. The molecule has 2 aromatic rings. The van der Waals surface area contributed by atoms with Crippen LogP contribution in [-0.2, 0) is 19.6 Å². The Morgan fingerprint density at radius 1 is 1.09 bits per heavy atom. The number of benzene rings is 2. The number of para-hydroxylation sites is 2. The van der Waals surface area contributed by atoms with E-state index in [1.807, 2.05) is 0 Å². The average Bonchev–Trinajstić information content (AvgIpc) is 2.80. The minimum absolute atomic E-state index is 0.176. The molecule has 1 aliphatic heterocycles. The molecule has 10 heteroatoms. The molecule has 1 atom stereocenters. The number of carbonyl (C=O) groups excluding carboxylic acids is 2. The monoisotopic (exact) mass is 479 g/mol. The molecule has 0 saturated carbocycles. The van der Waals surface area contributed by atoms with E-state index in [1.165, 1.54) is 23.5 Å². The normalized spacial score (nSPS) is 16.9. The minimum Gasteiger partial charge on any atom is -0.495 e. The van der Waals surface area contributed by atoms with Crippen LogP contribution in [0, 0.1) is 0 Å². The second-order valence-electron chi connectivity index (χ2n) is 7.42. The Labute approximate surface area is 192 Å². The van der Waals surface area contributed by atoms with Gasteiger partial charge in [0.15, 0.2) is 0 Å². The third-order valence-corrected chi connectivity index (χ3v) is 7.54. The summed E-state index contributed by atoms with van der Waals surface area (Å²) in [6.45, 7) is 0.591. The van der Waals surface area contributed by atoms with Crippen molar-refractivity contribution in [1.82, 2.24) is 9.62 Å². The van der Waals surface area contributed by atoms with Crippen LogP contribution in [0.15, 0.2) is 53.4 Å². The molecule has 3 rings (SSSR count). The summed E-state index contributed by atoms with van der Waals surface area (Å²) < 4.78 is 32.8. The summed E-state index contributed by atoms with van der Waals surface area (Å²) in [6, 6.07) is 12.6. The number of rotatable bonds is 7. The molecule has 0 aliphatic carbocycles. The highest BCUT2D eigenvalue weighted by atomic mass is 35.5. The zero-order valence-electron chi connectivity index (χ0n) is 17.7. The molecule has 2 N–H and O–H groups in total. The van der Waals surface area contributed by atoms with Crippen LogP contribution in [0.1, 0.15) is 25.7 Å². The number of halogens is 1. The molecule has 1 saturated heterocycles. The van der Waals surface area contributed by atoms with Gasteiger partial charge in [-0.05, 0) is 55.7 Å². The van der Waals surface area contributed by atoms with Gasteiger partial charge in [0.2, 0.25) is 10.0 Å². The van der Waals surface area contributed by atoms with Crippen molar-refractivity contribution in [3.05, 3.63) is 53.6 Å². The Bertz CT molecular complexity index is 1060. The average molecular weight is 480 g/mol. The lowest BCUT2D eigenvalue weighted by atomic mass is 10.0. The van der Waals surface area contributed by atoms with Crippen LogP contribution in [0.3, 0.4) is 0 Å². The molecule has 1 heterocycles. The van der Waals surface area contributed by atoms with Gasteiger partial charge in [-0.25, -0.2) is 8.42 Å². The number of amides is 2. The number of piperidine rings is 1. The lowest BCUT2D eigenvalue weighted by Crippen LogP contribution is -2.45. The van der Waals surface area contributed by atoms with Gasteiger partial charge in [-0.2, -0.15) is 4.31 Å². The van der Waals surface area contributed by atoms with Gasteiger partial charge >= 0.3 is 11.8 Å². The Morgan fingerprint density at radius 3 is 2.53 bits per heavy atom. The molecular formula is C22H26ClN3O5S. The van der Waals surface area contributed by atoms with E-state index in [4.69, 9.17) is 16.3 Å². The van der Waals surface area contributed by atoms with E-state index in [-0.39, 0.29) is 17.5 Å². The first-order chi connectivity index (χ1) is 15.3. The maximum Gasteiger partial charge on any atom is 0.313 e. The summed E-state index contributed by atoms with van der Waals surface area (Å²) in [7, 11) is -2.20. The lowest BCUT2D eigenvalue weighted by molar-refractivity contribution is -0.136. The number of anilines is 1. The molecule has 172 valence electrons. The van der Waals surface area contributed by atoms with Gasteiger partial charge in [0, 0.05) is 24.2 Å². The molecule has 2 amide bonds. The molecule has 0 bridgehead atoms. The molecule has 0 spiro atoms. The van der Waals surface area contributed by atoms with Gasteiger partial charge < -0.3 is 15.4 Å². The molecule has 0 aromatic heterocycles. The fourth-order valence-corrected chi connectivity index (χ4v) is 5.53. The highest BCUT2D eigenvalue weighted by molar-refractivity contribution is 7.89. The highest BCUT2D eigenvalue weighted by Crippen LogP contribution is 2.27. The minimum atomic E-state index is -3.67. The van der Waals surface area contributed by atoms with E-state index >= 15 is 0 Å². The van der Waals surface area contributed by atoms with Crippen molar-refractivity contribution in [2.24, 2.45) is 0 Å². The zero-order valence-corrected chi connectivity index (χ0v) is 19.3. The zero-order chi connectivity index (χ0) is 23.1. The number of ether oxygens (including phenoxy) is 1. The van der Waals surface area contributed by atoms with E-state index in [2.05, 4.69) is 10.6 Å². The first-order valence-electron chi connectivity index (χ1n) is 10.3. The number of hydrogen-bond acceptors (Lipinski definition) is 5. The van der Waals surface area contributed by atoms with Crippen molar-refractivity contribution in [2.75, 3.05) is 25.5 Å². The van der Waals surface area contributed by atoms with Crippen molar-refractivity contribution in [3.63, 3.8) is 0 Å². The van der Waals surface area contributed by atoms with Crippen LogP contribution in [-0.4, -0.2) is 50.8 Å². The standard InChI is InChI=1S/C22H26ClN3O5S/c1-31-20-8-3-2-7-19(20)25-22(28)21(27)24-14-13-17-6-4-5-15-26(17)32(29,30)18-11-9-16(23)10-12-18/h2-3,7-12,17H,4-6,13-15H2,1H3,(H,24,27)(H,25,28)/t17-/m0/s1. The maximum absolute atomic E-state index is 13.1.